The summed E-state index contributed by atoms with van der Waals surface area (Å²) in [6.07, 6.45) is 5.29. The first-order valence-corrected chi connectivity index (χ1v) is 9.19. The Morgan fingerprint density at radius 1 is 1.33 bits per heavy atom. The Kier molecular flexibility index (Phi) is 4.06. The first kappa shape index (κ1) is 15.7. The average Bonchev–Trinajstić information content (AvgIpc) is 2.96. The van der Waals surface area contributed by atoms with Crippen LogP contribution in [0.3, 0.4) is 0 Å². The highest BCUT2D eigenvalue weighted by molar-refractivity contribution is 7.22. The second-order valence-electron chi connectivity index (χ2n) is 6.17. The van der Waals surface area contributed by atoms with Gasteiger partial charge < -0.3 is 10.1 Å². The molecule has 0 atom stereocenters. The number of methoxy groups -OCH3 is 1. The summed E-state index contributed by atoms with van der Waals surface area (Å²) in [5.41, 5.74) is 2.06. The fraction of sp³-hybridized carbons (Fsp3) is 0.333. The quantitative estimate of drug-likeness (QED) is 0.704. The predicted octanol–water partition coefficient (Wildman–Crippen LogP) is 4.89. The second-order valence-corrected chi connectivity index (χ2v) is 7.64. The highest BCUT2D eigenvalue weighted by Crippen LogP contribution is 2.46. The Morgan fingerprint density at radius 2 is 2.21 bits per heavy atom. The molecule has 1 aliphatic carbocycles. The number of fused-ring (bicyclic) bond motifs is 1. The summed E-state index contributed by atoms with van der Waals surface area (Å²) in [6, 6.07) is 9.70. The van der Waals surface area contributed by atoms with Crippen molar-refractivity contribution in [2.24, 2.45) is 0 Å². The smallest absolute Gasteiger partial charge is 0.183 e. The molecular formula is C18H18ClN3OS. The number of hydrogen-bond acceptors (Lipinski definition) is 5. The van der Waals surface area contributed by atoms with Gasteiger partial charge in [-0.15, -0.1) is 0 Å². The number of aromatic nitrogens is 2. The maximum absolute atomic E-state index is 6.06. The van der Waals surface area contributed by atoms with E-state index in [0.29, 0.717) is 0 Å². The minimum atomic E-state index is 0.0299. The number of nitrogens with zero attached hydrogens (tertiary/aromatic N) is 2. The van der Waals surface area contributed by atoms with E-state index in [-0.39, 0.29) is 5.41 Å². The zero-order valence-corrected chi connectivity index (χ0v) is 15.0. The Morgan fingerprint density at radius 3 is 2.96 bits per heavy atom. The maximum atomic E-state index is 6.06. The van der Waals surface area contributed by atoms with Gasteiger partial charge in [0.25, 0.3) is 0 Å². The number of hydrogen-bond donors (Lipinski definition) is 1. The molecule has 0 saturated heterocycles. The number of benzene rings is 1. The largest absolute Gasteiger partial charge is 0.495 e. The molecule has 6 heteroatoms. The molecule has 2 aromatic heterocycles. The number of pyridine rings is 1. The molecule has 4 rings (SSSR count). The van der Waals surface area contributed by atoms with Crippen LogP contribution in [0.15, 0.2) is 36.5 Å². The lowest BCUT2D eigenvalue weighted by Crippen LogP contribution is -2.42. The number of halogens is 1. The molecule has 4 nitrogen and oxygen atoms in total. The zero-order chi connectivity index (χ0) is 16.6. The second kappa shape index (κ2) is 6.22. The summed E-state index contributed by atoms with van der Waals surface area (Å²) >= 11 is 7.69. The molecule has 1 aliphatic rings. The van der Waals surface area contributed by atoms with Crippen molar-refractivity contribution in [2.45, 2.75) is 24.7 Å². The van der Waals surface area contributed by atoms with Crippen LogP contribution in [0.2, 0.25) is 5.02 Å². The summed E-state index contributed by atoms with van der Waals surface area (Å²) in [6.45, 7) is 0.813. The van der Waals surface area contributed by atoms with Crippen LogP contribution < -0.4 is 10.1 Å². The van der Waals surface area contributed by atoms with Gasteiger partial charge in [-0.2, -0.15) is 0 Å². The molecule has 24 heavy (non-hydrogen) atoms. The standard InChI is InChI=1S/C18H18ClN3OS/c1-23-14-4-2-9-20-16(14)18(7-3-8-18)11-21-17-22-13-6-5-12(19)10-15(13)24-17/h2,4-6,9-10H,3,7-8,11H2,1H3,(H,21,22). The Bertz CT molecular complexity index is 876. The molecule has 0 unspecified atom stereocenters. The molecule has 0 amide bonds. The fourth-order valence-electron chi connectivity index (χ4n) is 3.27. The zero-order valence-electron chi connectivity index (χ0n) is 13.4. The highest BCUT2D eigenvalue weighted by Gasteiger charge is 2.42. The minimum Gasteiger partial charge on any atom is -0.495 e. The van der Waals surface area contributed by atoms with E-state index < -0.39 is 0 Å². The van der Waals surface area contributed by atoms with Gasteiger partial charge in [0.1, 0.15) is 5.75 Å². The lowest BCUT2D eigenvalue weighted by atomic mass is 9.66. The van der Waals surface area contributed by atoms with Crippen molar-refractivity contribution in [2.75, 3.05) is 19.0 Å². The SMILES string of the molecule is COc1cccnc1C1(CNc2nc3ccc(Cl)cc3s2)CCC1. The van der Waals surface area contributed by atoms with Gasteiger partial charge in [-0.05, 0) is 43.2 Å². The average molecular weight is 360 g/mol. The molecular weight excluding hydrogens is 342 g/mol. The maximum Gasteiger partial charge on any atom is 0.183 e. The topological polar surface area (TPSA) is 47.0 Å². The van der Waals surface area contributed by atoms with Crippen LogP contribution >= 0.6 is 22.9 Å². The number of anilines is 1. The van der Waals surface area contributed by atoms with Crippen LogP contribution in [0.5, 0.6) is 5.75 Å². The highest BCUT2D eigenvalue weighted by atomic mass is 35.5. The summed E-state index contributed by atoms with van der Waals surface area (Å²) < 4.78 is 6.62. The first-order chi connectivity index (χ1) is 11.7. The minimum absolute atomic E-state index is 0.0299. The van der Waals surface area contributed by atoms with Crippen LogP contribution in [0, 0.1) is 0 Å². The van der Waals surface area contributed by atoms with Gasteiger partial charge in [0, 0.05) is 23.2 Å². The Balaban J connectivity index is 1.58. The van der Waals surface area contributed by atoms with E-state index in [1.54, 1.807) is 18.4 Å². The summed E-state index contributed by atoms with van der Waals surface area (Å²) in [7, 11) is 1.71. The molecule has 0 radical (unpaired) electrons. The van der Waals surface area contributed by atoms with Gasteiger partial charge in [-0.1, -0.05) is 29.4 Å². The van der Waals surface area contributed by atoms with Gasteiger partial charge in [-0.3, -0.25) is 4.98 Å². The molecule has 1 aromatic carbocycles. The van der Waals surface area contributed by atoms with Crippen molar-refractivity contribution >= 4 is 38.3 Å². The monoisotopic (exact) mass is 359 g/mol. The molecule has 3 aromatic rings. The summed E-state index contributed by atoms with van der Waals surface area (Å²) in [4.78, 5) is 9.26. The third-order valence-corrected chi connectivity index (χ3v) is 5.94. The third kappa shape index (κ3) is 2.72. The lowest BCUT2D eigenvalue weighted by Gasteiger charge is -2.42. The first-order valence-electron chi connectivity index (χ1n) is 8.00. The number of ether oxygens (including phenoxy) is 1. The lowest BCUT2D eigenvalue weighted by molar-refractivity contribution is 0.242. The molecule has 2 heterocycles. The van der Waals surface area contributed by atoms with Crippen molar-refractivity contribution in [3.8, 4) is 5.75 Å². The van der Waals surface area contributed by atoms with Gasteiger partial charge in [0.05, 0.1) is 23.0 Å². The van der Waals surface area contributed by atoms with Crippen LogP contribution in [-0.2, 0) is 5.41 Å². The molecule has 124 valence electrons. The molecule has 0 bridgehead atoms. The third-order valence-electron chi connectivity index (χ3n) is 4.73. The Labute approximate surface area is 149 Å². The predicted molar refractivity (Wildman–Crippen MR) is 99.4 cm³/mol. The Hall–Kier alpha value is -1.85. The normalized spacial score (nSPS) is 15.9. The van der Waals surface area contributed by atoms with Gasteiger partial charge in [0.2, 0.25) is 0 Å². The van der Waals surface area contributed by atoms with Crippen molar-refractivity contribution in [1.82, 2.24) is 9.97 Å². The van der Waals surface area contributed by atoms with Gasteiger partial charge in [0.15, 0.2) is 5.13 Å². The van der Waals surface area contributed by atoms with E-state index in [1.807, 2.05) is 36.5 Å². The van der Waals surface area contributed by atoms with E-state index in [2.05, 4.69) is 15.3 Å². The van der Waals surface area contributed by atoms with E-state index in [1.165, 1.54) is 6.42 Å². The van der Waals surface area contributed by atoms with E-state index in [4.69, 9.17) is 16.3 Å². The molecule has 1 saturated carbocycles. The number of nitrogens with one attached hydrogen (secondary N) is 1. The molecule has 1 N–H and O–H groups in total. The van der Waals surface area contributed by atoms with Gasteiger partial charge in [-0.25, -0.2) is 4.98 Å². The summed E-state index contributed by atoms with van der Waals surface area (Å²) in [5.74, 6) is 0.870. The molecule has 1 fully saturated rings. The number of thiazole rings is 1. The van der Waals surface area contributed by atoms with Crippen LogP contribution in [-0.4, -0.2) is 23.6 Å². The van der Waals surface area contributed by atoms with Gasteiger partial charge >= 0.3 is 0 Å². The van der Waals surface area contributed by atoms with Crippen LogP contribution in [0.4, 0.5) is 5.13 Å². The van der Waals surface area contributed by atoms with Crippen LogP contribution in [0.1, 0.15) is 25.0 Å². The van der Waals surface area contributed by atoms with E-state index >= 15 is 0 Å². The van der Waals surface area contributed by atoms with Crippen molar-refractivity contribution < 1.29 is 4.74 Å². The van der Waals surface area contributed by atoms with E-state index in [0.717, 1.165) is 51.2 Å². The van der Waals surface area contributed by atoms with E-state index in [9.17, 15) is 0 Å². The summed E-state index contributed by atoms with van der Waals surface area (Å²) in [5, 5.41) is 5.18. The molecule has 0 aliphatic heterocycles. The fourth-order valence-corrected chi connectivity index (χ4v) is 4.41. The molecule has 0 spiro atoms. The van der Waals surface area contributed by atoms with Crippen molar-refractivity contribution in [3.63, 3.8) is 0 Å². The number of rotatable bonds is 5. The van der Waals surface area contributed by atoms with Crippen molar-refractivity contribution in [3.05, 3.63) is 47.2 Å². The van der Waals surface area contributed by atoms with Crippen LogP contribution in [0.25, 0.3) is 10.2 Å². The van der Waals surface area contributed by atoms with Crippen molar-refractivity contribution in [1.29, 1.82) is 0 Å².